The standard InChI is InChI=1S/C26H24ClNO5S/c1-26(2,3)14-7-10-19(33-4)16(12-14)23(30)21-22(20-6-5-11-34-20)28(25(32)24(21)31)17-13-15(27)8-9-18(17)29/h5-13,22,29-30H,1-4H3/b23-21+. The lowest BCUT2D eigenvalue weighted by molar-refractivity contribution is -0.132. The first-order valence-electron chi connectivity index (χ1n) is 10.6. The third-order valence-corrected chi connectivity index (χ3v) is 6.93. The van der Waals surface area contributed by atoms with Gasteiger partial charge in [0.05, 0.1) is 23.9 Å². The highest BCUT2D eigenvalue weighted by molar-refractivity contribution is 7.10. The van der Waals surface area contributed by atoms with Crippen LogP contribution in [0.4, 0.5) is 5.69 Å². The summed E-state index contributed by atoms with van der Waals surface area (Å²) < 4.78 is 5.47. The molecule has 0 radical (unpaired) electrons. The molecule has 0 spiro atoms. The van der Waals surface area contributed by atoms with Crippen LogP contribution in [0, 0.1) is 0 Å². The van der Waals surface area contributed by atoms with Crippen molar-refractivity contribution < 1.29 is 24.5 Å². The minimum Gasteiger partial charge on any atom is -0.507 e. The molecule has 2 heterocycles. The van der Waals surface area contributed by atoms with Crippen LogP contribution in [0.2, 0.25) is 5.02 Å². The average Bonchev–Trinajstić information content (AvgIpc) is 3.41. The van der Waals surface area contributed by atoms with Gasteiger partial charge in [0.25, 0.3) is 11.7 Å². The Morgan fingerprint density at radius 1 is 1.12 bits per heavy atom. The molecule has 34 heavy (non-hydrogen) atoms. The van der Waals surface area contributed by atoms with E-state index in [1.165, 1.54) is 41.5 Å². The van der Waals surface area contributed by atoms with Gasteiger partial charge >= 0.3 is 0 Å². The Morgan fingerprint density at radius 2 is 1.85 bits per heavy atom. The van der Waals surface area contributed by atoms with Crippen molar-refractivity contribution >= 4 is 46.1 Å². The lowest BCUT2D eigenvalue weighted by Crippen LogP contribution is -2.29. The largest absolute Gasteiger partial charge is 0.507 e. The van der Waals surface area contributed by atoms with E-state index in [-0.39, 0.29) is 28.2 Å². The van der Waals surface area contributed by atoms with Gasteiger partial charge in [-0.3, -0.25) is 14.5 Å². The number of hydrogen-bond donors (Lipinski definition) is 2. The van der Waals surface area contributed by atoms with Crippen molar-refractivity contribution in [1.82, 2.24) is 0 Å². The van der Waals surface area contributed by atoms with Crippen LogP contribution in [0.15, 0.2) is 59.5 Å². The first kappa shape index (κ1) is 23.9. The number of methoxy groups -OCH3 is 1. The number of aromatic hydroxyl groups is 1. The minimum absolute atomic E-state index is 0.0856. The normalized spacial score (nSPS) is 17.9. The number of nitrogens with zero attached hydrogens (tertiary/aromatic N) is 1. The molecule has 1 aromatic heterocycles. The Bertz CT molecular complexity index is 1310. The summed E-state index contributed by atoms with van der Waals surface area (Å²) >= 11 is 7.47. The summed E-state index contributed by atoms with van der Waals surface area (Å²) in [5, 5.41) is 24.1. The zero-order chi connectivity index (χ0) is 24.8. The van der Waals surface area contributed by atoms with Crippen LogP contribution in [0.5, 0.6) is 11.5 Å². The lowest BCUT2D eigenvalue weighted by atomic mass is 9.85. The van der Waals surface area contributed by atoms with Crippen molar-refractivity contribution in [1.29, 1.82) is 0 Å². The third kappa shape index (κ3) is 4.06. The van der Waals surface area contributed by atoms with Crippen LogP contribution in [-0.2, 0) is 15.0 Å². The van der Waals surface area contributed by atoms with Gasteiger partial charge < -0.3 is 14.9 Å². The van der Waals surface area contributed by atoms with Gasteiger partial charge in [-0.15, -0.1) is 11.3 Å². The van der Waals surface area contributed by atoms with Gasteiger partial charge in [-0.1, -0.05) is 44.5 Å². The topological polar surface area (TPSA) is 87.1 Å². The number of ketones is 1. The van der Waals surface area contributed by atoms with Crippen molar-refractivity contribution in [2.24, 2.45) is 0 Å². The highest BCUT2D eigenvalue weighted by Gasteiger charge is 2.48. The average molecular weight is 498 g/mol. The Labute approximate surface area is 206 Å². The van der Waals surface area contributed by atoms with Crippen LogP contribution in [-0.4, -0.2) is 29.0 Å². The van der Waals surface area contributed by atoms with E-state index in [1.807, 2.05) is 32.2 Å². The van der Waals surface area contributed by atoms with E-state index in [1.54, 1.807) is 24.3 Å². The van der Waals surface area contributed by atoms with E-state index in [9.17, 15) is 19.8 Å². The van der Waals surface area contributed by atoms with E-state index in [0.29, 0.717) is 21.2 Å². The Morgan fingerprint density at radius 3 is 2.47 bits per heavy atom. The minimum atomic E-state index is -0.952. The van der Waals surface area contributed by atoms with E-state index in [0.717, 1.165) is 5.56 Å². The summed E-state index contributed by atoms with van der Waals surface area (Å²) in [6.07, 6.45) is 0. The summed E-state index contributed by atoms with van der Waals surface area (Å²) in [6.45, 7) is 6.10. The predicted molar refractivity (Wildman–Crippen MR) is 134 cm³/mol. The summed E-state index contributed by atoms with van der Waals surface area (Å²) in [5.41, 5.74) is 1.00. The maximum Gasteiger partial charge on any atom is 0.300 e. The highest BCUT2D eigenvalue weighted by Crippen LogP contribution is 2.47. The molecule has 0 saturated carbocycles. The molecule has 1 aliphatic heterocycles. The number of Topliss-reactive ketones (excluding diaryl/α,β-unsaturated/α-hetero) is 1. The number of benzene rings is 2. The molecular formula is C26H24ClNO5S. The lowest BCUT2D eigenvalue weighted by Gasteiger charge is -2.25. The number of carbonyl (C=O) groups excluding carboxylic acids is 2. The molecule has 1 aliphatic rings. The monoisotopic (exact) mass is 497 g/mol. The van der Waals surface area contributed by atoms with E-state index >= 15 is 0 Å². The SMILES string of the molecule is COc1ccc(C(C)(C)C)cc1/C(O)=C1\C(=O)C(=O)N(c2cc(Cl)ccc2O)C1c1cccs1. The van der Waals surface area contributed by atoms with Gasteiger partial charge in [0.1, 0.15) is 23.3 Å². The molecule has 0 aliphatic carbocycles. The van der Waals surface area contributed by atoms with E-state index < -0.39 is 17.7 Å². The number of aliphatic hydroxyl groups excluding tert-OH is 1. The number of carbonyl (C=O) groups is 2. The number of phenolic OH excluding ortho intramolecular Hbond substituents is 1. The molecule has 2 aromatic carbocycles. The van der Waals surface area contributed by atoms with E-state index in [2.05, 4.69) is 0 Å². The second-order valence-electron chi connectivity index (χ2n) is 8.98. The third-order valence-electron chi connectivity index (χ3n) is 5.77. The molecule has 8 heteroatoms. The van der Waals surface area contributed by atoms with Crippen LogP contribution >= 0.6 is 22.9 Å². The molecule has 1 unspecified atom stereocenters. The Hall–Kier alpha value is -3.29. The smallest absolute Gasteiger partial charge is 0.300 e. The van der Waals surface area contributed by atoms with Gasteiger partial charge in [0.2, 0.25) is 0 Å². The van der Waals surface area contributed by atoms with Crippen LogP contribution in [0.25, 0.3) is 5.76 Å². The van der Waals surface area contributed by atoms with Crippen molar-refractivity contribution in [3.63, 3.8) is 0 Å². The van der Waals surface area contributed by atoms with Crippen molar-refractivity contribution in [2.75, 3.05) is 12.0 Å². The number of phenols is 1. The fourth-order valence-corrected chi connectivity index (χ4v) is 4.98. The molecule has 3 aromatic rings. The van der Waals surface area contributed by atoms with Crippen LogP contribution in [0.3, 0.4) is 0 Å². The van der Waals surface area contributed by atoms with Gasteiger partial charge in [-0.2, -0.15) is 0 Å². The molecule has 176 valence electrons. The number of rotatable bonds is 4. The number of hydrogen-bond acceptors (Lipinski definition) is 6. The number of thiophene rings is 1. The Balaban J connectivity index is 2.00. The molecule has 0 bridgehead atoms. The second kappa shape index (κ2) is 8.81. The maximum absolute atomic E-state index is 13.3. The van der Waals surface area contributed by atoms with Crippen molar-refractivity contribution in [2.45, 2.75) is 32.2 Å². The maximum atomic E-state index is 13.3. The quantitative estimate of drug-likeness (QED) is 0.261. The van der Waals surface area contributed by atoms with Crippen LogP contribution in [0.1, 0.15) is 42.8 Å². The first-order chi connectivity index (χ1) is 16.0. The number of amides is 1. The first-order valence-corrected chi connectivity index (χ1v) is 11.8. The molecule has 6 nitrogen and oxygen atoms in total. The van der Waals surface area contributed by atoms with Gasteiger partial charge in [0.15, 0.2) is 0 Å². The molecule has 1 saturated heterocycles. The summed E-state index contributed by atoms with van der Waals surface area (Å²) in [4.78, 5) is 28.4. The summed E-state index contributed by atoms with van der Waals surface area (Å²) in [6, 6.07) is 12.3. The number of aliphatic hydroxyl groups is 1. The zero-order valence-electron chi connectivity index (χ0n) is 19.1. The van der Waals surface area contributed by atoms with Crippen molar-refractivity contribution in [3.8, 4) is 11.5 Å². The van der Waals surface area contributed by atoms with Crippen LogP contribution < -0.4 is 9.64 Å². The molecule has 1 fully saturated rings. The molecular weight excluding hydrogens is 474 g/mol. The number of anilines is 1. The number of halogens is 1. The number of ether oxygens (including phenoxy) is 1. The second-order valence-corrected chi connectivity index (χ2v) is 10.4. The molecule has 1 atom stereocenters. The highest BCUT2D eigenvalue weighted by atomic mass is 35.5. The summed E-state index contributed by atoms with van der Waals surface area (Å²) in [5.74, 6) is -1.92. The van der Waals surface area contributed by atoms with Gasteiger partial charge in [0, 0.05) is 9.90 Å². The fourth-order valence-electron chi connectivity index (χ4n) is 3.99. The molecule has 2 N–H and O–H groups in total. The molecule has 1 amide bonds. The molecule has 4 rings (SSSR count). The Kier molecular flexibility index (Phi) is 6.18. The predicted octanol–water partition coefficient (Wildman–Crippen LogP) is 6.04. The zero-order valence-corrected chi connectivity index (χ0v) is 20.7. The van der Waals surface area contributed by atoms with E-state index in [4.69, 9.17) is 16.3 Å². The van der Waals surface area contributed by atoms with Gasteiger partial charge in [-0.25, -0.2) is 0 Å². The van der Waals surface area contributed by atoms with Gasteiger partial charge in [-0.05, 0) is 52.8 Å². The van der Waals surface area contributed by atoms with Crippen molar-refractivity contribution in [3.05, 3.63) is 80.5 Å². The summed E-state index contributed by atoms with van der Waals surface area (Å²) in [7, 11) is 1.47. The fraction of sp³-hybridized carbons (Fsp3) is 0.231.